The SMILES string of the molecule is CC[C@H](C(=O)NC1CCCCC1)N(CCc1ccccc1)C(=O)CN(c1ccc(C)cc1)S(=O)(=O)c1ccc(F)cc1. The molecule has 0 aromatic heterocycles. The number of nitrogens with one attached hydrogen (secondary N) is 1. The highest BCUT2D eigenvalue weighted by Crippen LogP contribution is 2.25. The maximum atomic E-state index is 14.1. The number of amides is 2. The lowest BCUT2D eigenvalue weighted by Crippen LogP contribution is -2.54. The summed E-state index contributed by atoms with van der Waals surface area (Å²) in [5.74, 6) is -1.26. The second-order valence-electron chi connectivity index (χ2n) is 10.9. The number of hydrogen-bond acceptors (Lipinski definition) is 4. The van der Waals surface area contributed by atoms with Crippen LogP contribution in [0.5, 0.6) is 0 Å². The van der Waals surface area contributed by atoms with Crippen LogP contribution < -0.4 is 9.62 Å². The fourth-order valence-electron chi connectivity index (χ4n) is 5.41. The van der Waals surface area contributed by atoms with Crippen molar-refractivity contribution in [1.82, 2.24) is 10.2 Å². The van der Waals surface area contributed by atoms with Crippen molar-refractivity contribution in [2.24, 2.45) is 0 Å². The van der Waals surface area contributed by atoms with Crippen LogP contribution in [-0.2, 0) is 26.0 Å². The largest absolute Gasteiger partial charge is 0.352 e. The molecule has 1 aliphatic rings. The molecule has 0 radical (unpaired) electrons. The van der Waals surface area contributed by atoms with Crippen LogP contribution >= 0.6 is 0 Å². The van der Waals surface area contributed by atoms with Gasteiger partial charge >= 0.3 is 0 Å². The lowest BCUT2D eigenvalue weighted by molar-refractivity contribution is -0.140. The Balaban J connectivity index is 1.66. The van der Waals surface area contributed by atoms with Crippen LogP contribution in [0.2, 0.25) is 0 Å². The molecule has 3 aromatic carbocycles. The van der Waals surface area contributed by atoms with Crippen molar-refractivity contribution in [3.63, 3.8) is 0 Å². The molecule has 0 saturated heterocycles. The van der Waals surface area contributed by atoms with E-state index in [1.165, 1.54) is 17.0 Å². The summed E-state index contributed by atoms with van der Waals surface area (Å²) in [6, 6.07) is 20.4. The Morgan fingerprint density at radius 2 is 1.57 bits per heavy atom. The molecule has 3 aromatic rings. The van der Waals surface area contributed by atoms with E-state index < -0.39 is 34.3 Å². The molecule has 0 aliphatic heterocycles. The summed E-state index contributed by atoms with van der Waals surface area (Å²) in [7, 11) is -4.24. The van der Waals surface area contributed by atoms with Gasteiger partial charge in [0, 0.05) is 12.6 Å². The van der Waals surface area contributed by atoms with E-state index in [1.807, 2.05) is 44.2 Å². The Bertz CT molecular complexity index is 1420. The van der Waals surface area contributed by atoms with Crippen molar-refractivity contribution >= 4 is 27.5 Å². The number of aryl methyl sites for hydroxylation is 1. The van der Waals surface area contributed by atoms with E-state index in [0.29, 0.717) is 18.5 Å². The van der Waals surface area contributed by atoms with Gasteiger partial charge in [0.1, 0.15) is 18.4 Å². The Morgan fingerprint density at radius 1 is 0.929 bits per heavy atom. The predicted molar refractivity (Wildman–Crippen MR) is 163 cm³/mol. The Morgan fingerprint density at radius 3 is 2.19 bits per heavy atom. The minimum atomic E-state index is -4.24. The van der Waals surface area contributed by atoms with Crippen LogP contribution in [0.4, 0.5) is 10.1 Å². The van der Waals surface area contributed by atoms with Crippen molar-refractivity contribution in [2.45, 2.75) is 75.8 Å². The third kappa shape index (κ3) is 7.97. The summed E-state index contributed by atoms with van der Waals surface area (Å²) >= 11 is 0. The van der Waals surface area contributed by atoms with Crippen LogP contribution in [0.3, 0.4) is 0 Å². The van der Waals surface area contributed by atoms with Crippen molar-refractivity contribution in [1.29, 1.82) is 0 Å². The maximum absolute atomic E-state index is 14.1. The van der Waals surface area contributed by atoms with Crippen molar-refractivity contribution in [2.75, 3.05) is 17.4 Å². The van der Waals surface area contributed by atoms with Gasteiger partial charge < -0.3 is 10.2 Å². The van der Waals surface area contributed by atoms with Crippen LogP contribution in [0, 0.1) is 12.7 Å². The second-order valence-corrected chi connectivity index (χ2v) is 12.8. The summed E-state index contributed by atoms with van der Waals surface area (Å²) in [4.78, 5) is 29.1. The van der Waals surface area contributed by atoms with Gasteiger partial charge in [0.15, 0.2) is 0 Å². The smallest absolute Gasteiger partial charge is 0.264 e. The van der Waals surface area contributed by atoms with Crippen LogP contribution in [-0.4, -0.2) is 50.3 Å². The lowest BCUT2D eigenvalue weighted by Gasteiger charge is -2.34. The van der Waals surface area contributed by atoms with Gasteiger partial charge in [0.25, 0.3) is 10.0 Å². The monoisotopic (exact) mass is 593 g/mol. The zero-order valence-electron chi connectivity index (χ0n) is 24.3. The molecule has 1 N–H and O–H groups in total. The lowest BCUT2D eigenvalue weighted by atomic mass is 9.95. The van der Waals surface area contributed by atoms with E-state index in [-0.39, 0.29) is 23.4 Å². The molecule has 1 fully saturated rings. The molecule has 224 valence electrons. The molecule has 42 heavy (non-hydrogen) atoms. The van der Waals surface area contributed by atoms with E-state index in [0.717, 1.165) is 59.7 Å². The number of halogens is 1. The maximum Gasteiger partial charge on any atom is 0.264 e. The normalized spacial score (nSPS) is 14.6. The third-order valence-corrected chi connectivity index (χ3v) is 9.61. The molecule has 9 heteroatoms. The number of carbonyl (C=O) groups excluding carboxylic acids is 2. The van der Waals surface area contributed by atoms with Gasteiger partial charge in [-0.25, -0.2) is 12.8 Å². The van der Waals surface area contributed by atoms with E-state index in [1.54, 1.807) is 24.3 Å². The molecule has 1 atom stereocenters. The fraction of sp³-hybridized carbons (Fsp3) is 0.394. The first-order chi connectivity index (χ1) is 20.2. The summed E-state index contributed by atoms with van der Waals surface area (Å²) in [5.41, 5.74) is 2.24. The molecule has 2 amide bonds. The first-order valence-corrected chi connectivity index (χ1v) is 16.1. The number of sulfonamides is 1. The quantitative estimate of drug-likeness (QED) is 0.295. The molecule has 0 unspecified atom stereocenters. The van der Waals surface area contributed by atoms with E-state index in [4.69, 9.17) is 0 Å². The Labute approximate surface area is 248 Å². The van der Waals surface area contributed by atoms with Gasteiger partial charge in [-0.3, -0.25) is 13.9 Å². The van der Waals surface area contributed by atoms with Crippen molar-refractivity contribution in [3.05, 3.63) is 95.8 Å². The Hall–Kier alpha value is -3.72. The number of hydrogen-bond donors (Lipinski definition) is 1. The number of carbonyl (C=O) groups is 2. The van der Waals surface area contributed by atoms with Crippen LogP contribution in [0.25, 0.3) is 0 Å². The molecular formula is C33H40FN3O4S. The summed E-state index contributed by atoms with van der Waals surface area (Å²) in [6.45, 7) is 3.49. The standard InChI is InChI=1S/C33H40FN3O4S/c1-3-31(33(39)35-28-12-8-5-9-13-28)36(23-22-26-10-6-4-7-11-26)32(38)24-37(29-18-14-25(2)15-19-29)42(40,41)30-20-16-27(34)17-21-30/h4,6-7,10-11,14-21,28,31H,3,5,8-9,12-13,22-24H2,1-2H3,(H,35,39)/t31-/m1/s1. The van der Waals surface area contributed by atoms with Crippen LogP contribution in [0.1, 0.15) is 56.6 Å². The van der Waals surface area contributed by atoms with E-state index in [9.17, 15) is 22.4 Å². The molecular weight excluding hydrogens is 553 g/mol. The highest BCUT2D eigenvalue weighted by molar-refractivity contribution is 7.92. The molecule has 7 nitrogen and oxygen atoms in total. The summed E-state index contributed by atoms with van der Waals surface area (Å²) < 4.78 is 42.4. The molecule has 0 heterocycles. The highest BCUT2D eigenvalue weighted by atomic mass is 32.2. The van der Waals surface area contributed by atoms with Crippen molar-refractivity contribution in [3.8, 4) is 0 Å². The molecule has 1 aliphatic carbocycles. The van der Waals surface area contributed by atoms with Gasteiger partial charge in [-0.1, -0.05) is 74.2 Å². The van der Waals surface area contributed by atoms with E-state index in [2.05, 4.69) is 5.32 Å². The number of rotatable bonds is 12. The highest BCUT2D eigenvalue weighted by Gasteiger charge is 2.34. The molecule has 1 saturated carbocycles. The molecule has 0 bridgehead atoms. The van der Waals surface area contributed by atoms with Gasteiger partial charge in [-0.2, -0.15) is 0 Å². The summed E-state index contributed by atoms with van der Waals surface area (Å²) in [6.07, 6.45) is 6.00. The van der Waals surface area contributed by atoms with Gasteiger partial charge in [-0.05, 0) is 74.6 Å². The molecule has 4 rings (SSSR count). The number of benzene rings is 3. The predicted octanol–water partition coefficient (Wildman–Crippen LogP) is 5.63. The second kappa shape index (κ2) is 14.4. The average Bonchev–Trinajstić information content (AvgIpc) is 2.99. The molecule has 0 spiro atoms. The average molecular weight is 594 g/mol. The van der Waals surface area contributed by atoms with Gasteiger partial charge in [0.2, 0.25) is 11.8 Å². The fourth-order valence-corrected chi connectivity index (χ4v) is 6.83. The first kappa shape index (κ1) is 31.2. The first-order valence-electron chi connectivity index (χ1n) is 14.7. The number of anilines is 1. The van der Waals surface area contributed by atoms with Gasteiger partial charge in [-0.15, -0.1) is 0 Å². The van der Waals surface area contributed by atoms with Crippen molar-refractivity contribution < 1.29 is 22.4 Å². The third-order valence-electron chi connectivity index (χ3n) is 7.82. The van der Waals surface area contributed by atoms with Crippen LogP contribution in [0.15, 0.2) is 83.8 Å². The minimum absolute atomic E-state index is 0.0780. The minimum Gasteiger partial charge on any atom is -0.352 e. The van der Waals surface area contributed by atoms with Gasteiger partial charge in [0.05, 0.1) is 10.6 Å². The Kier molecular flexibility index (Phi) is 10.7. The number of nitrogens with zero attached hydrogens (tertiary/aromatic N) is 2. The summed E-state index contributed by atoms with van der Waals surface area (Å²) in [5, 5.41) is 3.16. The zero-order valence-corrected chi connectivity index (χ0v) is 25.2. The topological polar surface area (TPSA) is 86.8 Å². The zero-order chi connectivity index (χ0) is 30.1. The van der Waals surface area contributed by atoms with E-state index >= 15 is 0 Å².